The Morgan fingerprint density at radius 2 is 1.35 bits per heavy atom. The first kappa shape index (κ1) is 28.6. The number of benzene rings is 2. The lowest BCUT2D eigenvalue weighted by molar-refractivity contribution is -0.118. The summed E-state index contributed by atoms with van der Waals surface area (Å²) in [6.45, 7) is 8.78. The molecule has 2 aliphatic carbocycles. The summed E-state index contributed by atoms with van der Waals surface area (Å²) < 4.78 is 0. The molecule has 40 heavy (non-hydrogen) atoms. The van der Waals surface area contributed by atoms with E-state index >= 15 is 0 Å². The van der Waals surface area contributed by atoms with E-state index < -0.39 is 0 Å². The molecular formula is C37H47NO2. The van der Waals surface area contributed by atoms with Crippen molar-refractivity contribution < 1.29 is 9.59 Å². The molecule has 0 fully saturated rings. The minimum Gasteiger partial charge on any atom is -0.313 e. The molecule has 0 spiro atoms. The normalized spacial score (nSPS) is 19.7. The van der Waals surface area contributed by atoms with E-state index in [-0.39, 0.29) is 22.9 Å². The third kappa shape index (κ3) is 5.76. The Morgan fingerprint density at radius 1 is 0.750 bits per heavy atom. The largest absolute Gasteiger partial charge is 0.313 e. The fourth-order valence-corrected chi connectivity index (χ4v) is 7.13. The summed E-state index contributed by atoms with van der Waals surface area (Å²) in [6, 6.07) is 16.6. The molecule has 3 heteroatoms. The molecule has 0 N–H and O–H groups in total. The molecule has 1 heterocycles. The first-order chi connectivity index (χ1) is 19.3. The topological polar surface area (TPSA) is 37.4 Å². The van der Waals surface area contributed by atoms with Crippen LogP contribution in [0.2, 0.25) is 0 Å². The molecule has 212 valence electrons. The van der Waals surface area contributed by atoms with Gasteiger partial charge in [-0.3, -0.25) is 9.59 Å². The number of nitrogens with zero attached hydrogens (tertiary/aromatic N) is 1. The maximum absolute atomic E-state index is 14.0. The summed E-state index contributed by atoms with van der Waals surface area (Å²) in [7, 11) is 0. The molecule has 1 atom stereocenters. The van der Waals surface area contributed by atoms with Gasteiger partial charge < -0.3 is 4.90 Å². The average molecular weight is 538 g/mol. The molecule has 0 amide bonds. The predicted octanol–water partition coefficient (Wildman–Crippen LogP) is 9.99. The van der Waals surface area contributed by atoms with Crippen LogP contribution in [0.3, 0.4) is 0 Å². The van der Waals surface area contributed by atoms with E-state index in [4.69, 9.17) is 0 Å². The molecule has 0 radical (unpaired) electrons. The van der Waals surface area contributed by atoms with Crippen molar-refractivity contribution in [2.45, 2.75) is 111 Å². The highest BCUT2D eigenvalue weighted by atomic mass is 16.1. The van der Waals surface area contributed by atoms with Gasteiger partial charge in [-0.25, -0.2) is 0 Å². The molecule has 0 saturated carbocycles. The molecule has 0 saturated heterocycles. The minimum absolute atomic E-state index is 0.107. The Balaban J connectivity index is 1.44. The van der Waals surface area contributed by atoms with E-state index in [2.05, 4.69) is 62.9 Å². The smallest absolute Gasteiger partial charge is 0.192 e. The Morgan fingerprint density at radius 3 is 2.00 bits per heavy atom. The van der Waals surface area contributed by atoms with Gasteiger partial charge in [0.05, 0.1) is 5.70 Å². The number of fused-ring (bicyclic) bond motifs is 2. The molecule has 0 aromatic heterocycles. The fourth-order valence-electron chi connectivity index (χ4n) is 7.13. The van der Waals surface area contributed by atoms with Gasteiger partial charge in [-0.15, -0.1) is 0 Å². The lowest BCUT2D eigenvalue weighted by atomic mass is 9.68. The number of hydrogen-bond acceptors (Lipinski definition) is 3. The van der Waals surface area contributed by atoms with Crippen molar-refractivity contribution in [2.24, 2.45) is 11.3 Å². The van der Waals surface area contributed by atoms with Gasteiger partial charge >= 0.3 is 0 Å². The van der Waals surface area contributed by atoms with Gasteiger partial charge in [0, 0.05) is 46.0 Å². The average Bonchev–Trinajstić information content (AvgIpc) is 3.21. The zero-order valence-corrected chi connectivity index (χ0v) is 25.2. The summed E-state index contributed by atoms with van der Waals surface area (Å²) in [4.78, 5) is 30.2. The van der Waals surface area contributed by atoms with Crippen LogP contribution >= 0.6 is 0 Å². The van der Waals surface area contributed by atoms with Gasteiger partial charge in [0.15, 0.2) is 11.6 Å². The Kier molecular flexibility index (Phi) is 8.78. The quantitative estimate of drug-likeness (QED) is 0.253. The van der Waals surface area contributed by atoms with Crippen molar-refractivity contribution in [3.8, 4) is 0 Å². The van der Waals surface area contributed by atoms with Crippen LogP contribution in [0.25, 0.3) is 5.70 Å². The second-order valence-corrected chi connectivity index (χ2v) is 13.1. The third-order valence-electron chi connectivity index (χ3n) is 9.15. The monoisotopic (exact) mass is 537 g/mol. The summed E-state index contributed by atoms with van der Waals surface area (Å²) >= 11 is 0. The van der Waals surface area contributed by atoms with E-state index in [0.717, 1.165) is 58.6 Å². The highest BCUT2D eigenvalue weighted by Gasteiger charge is 2.48. The number of anilines is 1. The minimum atomic E-state index is -0.110. The number of carbonyl (C=O) groups excluding carboxylic acids is 2. The van der Waals surface area contributed by atoms with E-state index in [1.165, 1.54) is 63.4 Å². The van der Waals surface area contributed by atoms with E-state index in [1.54, 1.807) is 0 Å². The number of unbranched alkanes of at least 4 members (excludes halogenated alkanes) is 9. The number of ketones is 2. The first-order valence-corrected chi connectivity index (χ1v) is 15.8. The molecule has 2 aromatic rings. The van der Waals surface area contributed by atoms with Crippen LogP contribution in [-0.4, -0.2) is 11.6 Å². The SMILES string of the molecule is CCCCCCCCCCCCC1C2=C(CC(C)(C)CC2=O)N(c2ccc(C)cc2)C2=C1C(=O)c1ccccc12. The molecule has 5 rings (SSSR count). The fraction of sp³-hybridized carbons (Fsp3) is 0.514. The number of Topliss-reactive ketones (excluding diaryl/α,β-unsaturated/α-hetero) is 2. The van der Waals surface area contributed by atoms with Crippen LogP contribution in [-0.2, 0) is 4.79 Å². The number of allylic oxidation sites excluding steroid dienone is 3. The van der Waals surface area contributed by atoms with Crippen molar-refractivity contribution in [2.75, 3.05) is 4.90 Å². The van der Waals surface area contributed by atoms with Crippen molar-refractivity contribution >= 4 is 23.0 Å². The predicted molar refractivity (Wildman–Crippen MR) is 166 cm³/mol. The molecular weight excluding hydrogens is 490 g/mol. The first-order valence-electron chi connectivity index (χ1n) is 15.8. The van der Waals surface area contributed by atoms with Crippen LogP contribution in [0.1, 0.15) is 126 Å². The standard InChI is InChI=1S/C37H47NO2/c1-5-6-7-8-9-10-11-12-13-14-19-30-33-31(24-37(3,4)25-32(33)39)38(27-22-20-26(2)21-23-27)35-28-17-15-16-18-29(28)36(40)34(30)35/h15-18,20-23,30H,5-14,19,24-25H2,1-4H3. The summed E-state index contributed by atoms with van der Waals surface area (Å²) in [5.74, 6) is 0.240. The van der Waals surface area contributed by atoms with E-state index in [1.807, 2.05) is 18.2 Å². The van der Waals surface area contributed by atoms with Crippen LogP contribution in [0, 0.1) is 18.3 Å². The van der Waals surface area contributed by atoms with Crippen molar-refractivity contribution in [1.29, 1.82) is 0 Å². The van der Waals surface area contributed by atoms with E-state index in [0.29, 0.717) is 6.42 Å². The van der Waals surface area contributed by atoms with Crippen molar-refractivity contribution in [1.82, 2.24) is 0 Å². The summed E-state index contributed by atoms with van der Waals surface area (Å²) in [6.07, 6.45) is 15.1. The van der Waals surface area contributed by atoms with Crippen LogP contribution in [0.4, 0.5) is 5.69 Å². The maximum Gasteiger partial charge on any atom is 0.192 e. The second kappa shape index (κ2) is 12.3. The van der Waals surface area contributed by atoms with Gasteiger partial charge in [-0.1, -0.05) is 127 Å². The highest BCUT2D eigenvalue weighted by molar-refractivity contribution is 6.25. The van der Waals surface area contributed by atoms with Gasteiger partial charge in [-0.2, -0.15) is 0 Å². The number of carbonyl (C=O) groups is 2. The van der Waals surface area contributed by atoms with E-state index in [9.17, 15) is 9.59 Å². The molecule has 3 nitrogen and oxygen atoms in total. The van der Waals surface area contributed by atoms with Crippen LogP contribution in [0.15, 0.2) is 65.4 Å². The van der Waals surface area contributed by atoms with Crippen molar-refractivity contribution in [3.63, 3.8) is 0 Å². The van der Waals surface area contributed by atoms with Gasteiger partial charge in [-0.05, 0) is 37.3 Å². The maximum atomic E-state index is 14.0. The zero-order valence-electron chi connectivity index (χ0n) is 25.2. The highest BCUT2D eigenvalue weighted by Crippen LogP contribution is 2.54. The van der Waals surface area contributed by atoms with Crippen LogP contribution in [0.5, 0.6) is 0 Å². The Bertz CT molecular complexity index is 1310. The number of hydrogen-bond donors (Lipinski definition) is 0. The number of aryl methyl sites for hydroxylation is 1. The molecule has 3 aliphatic rings. The lowest BCUT2D eigenvalue weighted by Crippen LogP contribution is -2.40. The summed E-state index contributed by atoms with van der Waals surface area (Å²) in [5.41, 5.74) is 7.82. The Labute approximate surface area is 241 Å². The molecule has 1 unspecified atom stereocenters. The van der Waals surface area contributed by atoms with Gasteiger partial charge in [0.2, 0.25) is 0 Å². The third-order valence-corrected chi connectivity index (χ3v) is 9.15. The van der Waals surface area contributed by atoms with Crippen LogP contribution < -0.4 is 4.90 Å². The number of rotatable bonds is 12. The Hall–Kier alpha value is -2.94. The molecule has 1 aliphatic heterocycles. The lowest BCUT2D eigenvalue weighted by Gasteiger charge is -2.44. The second-order valence-electron chi connectivity index (χ2n) is 13.1. The van der Waals surface area contributed by atoms with Crippen molar-refractivity contribution in [3.05, 3.63) is 82.1 Å². The zero-order chi connectivity index (χ0) is 28.3. The van der Waals surface area contributed by atoms with Gasteiger partial charge in [0.25, 0.3) is 0 Å². The van der Waals surface area contributed by atoms with Gasteiger partial charge in [0.1, 0.15) is 0 Å². The summed E-state index contributed by atoms with van der Waals surface area (Å²) in [5, 5.41) is 0. The molecule has 0 bridgehead atoms. The molecule has 2 aromatic carbocycles.